The lowest BCUT2D eigenvalue weighted by atomic mass is 10.0. The Bertz CT molecular complexity index is 623. The van der Waals surface area contributed by atoms with Crippen LogP contribution in [0.15, 0.2) is 54.6 Å². The van der Waals surface area contributed by atoms with E-state index >= 15 is 0 Å². The molecule has 0 atom stereocenters. The molecule has 0 saturated carbocycles. The standard InChI is InChI=1S/C16H15NO3/c1-17(20-2)16(19)14-10-6-9-13(11-14)15(18)12-7-4-3-5-8-12/h3-11H,1-2H3. The van der Waals surface area contributed by atoms with Crippen molar-refractivity contribution in [2.75, 3.05) is 14.2 Å². The summed E-state index contributed by atoms with van der Waals surface area (Å²) in [6.07, 6.45) is 0. The Hall–Kier alpha value is -2.46. The van der Waals surface area contributed by atoms with Crippen molar-refractivity contribution in [2.24, 2.45) is 0 Å². The van der Waals surface area contributed by atoms with Crippen molar-refractivity contribution in [1.29, 1.82) is 0 Å². The van der Waals surface area contributed by atoms with Crippen molar-refractivity contribution >= 4 is 11.7 Å². The van der Waals surface area contributed by atoms with E-state index in [1.54, 1.807) is 48.5 Å². The fourth-order valence-electron chi connectivity index (χ4n) is 1.81. The number of carbonyl (C=O) groups is 2. The molecule has 1 amide bonds. The third kappa shape index (κ3) is 2.92. The summed E-state index contributed by atoms with van der Waals surface area (Å²) >= 11 is 0. The van der Waals surface area contributed by atoms with Crippen LogP contribution in [0.1, 0.15) is 26.3 Å². The monoisotopic (exact) mass is 269 g/mol. The normalized spacial score (nSPS) is 10.1. The van der Waals surface area contributed by atoms with Crippen molar-refractivity contribution in [1.82, 2.24) is 5.06 Å². The van der Waals surface area contributed by atoms with Crippen LogP contribution in [-0.4, -0.2) is 30.9 Å². The molecular weight excluding hydrogens is 254 g/mol. The quantitative estimate of drug-likeness (QED) is 0.633. The molecule has 0 unspecified atom stereocenters. The highest BCUT2D eigenvalue weighted by molar-refractivity contribution is 6.10. The molecule has 0 aromatic heterocycles. The van der Waals surface area contributed by atoms with E-state index in [1.165, 1.54) is 14.2 Å². The smallest absolute Gasteiger partial charge is 0.277 e. The summed E-state index contributed by atoms with van der Waals surface area (Å²) in [5, 5.41) is 1.12. The van der Waals surface area contributed by atoms with Gasteiger partial charge in [0.05, 0.1) is 7.11 Å². The molecule has 4 nitrogen and oxygen atoms in total. The van der Waals surface area contributed by atoms with Gasteiger partial charge in [0.2, 0.25) is 0 Å². The van der Waals surface area contributed by atoms with Gasteiger partial charge in [0.15, 0.2) is 5.78 Å². The molecule has 4 heteroatoms. The molecule has 0 radical (unpaired) electrons. The van der Waals surface area contributed by atoms with Gasteiger partial charge in [-0.2, -0.15) is 0 Å². The van der Waals surface area contributed by atoms with Crippen LogP contribution < -0.4 is 0 Å². The van der Waals surface area contributed by atoms with E-state index in [2.05, 4.69) is 0 Å². The van der Waals surface area contributed by atoms with E-state index in [-0.39, 0.29) is 11.7 Å². The molecule has 0 aliphatic carbocycles. The van der Waals surface area contributed by atoms with Crippen LogP contribution in [0.25, 0.3) is 0 Å². The first-order valence-electron chi connectivity index (χ1n) is 6.15. The summed E-state index contributed by atoms with van der Waals surface area (Å²) in [5.74, 6) is -0.407. The summed E-state index contributed by atoms with van der Waals surface area (Å²) in [6, 6.07) is 15.6. The highest BCUT2D eigenvalue weighted by atomic mass is 16.7. The summed E-state index contributed by atoms with van der Waals surface area (Å²) in [5.41, 5.74) is 1.49. The van der Waals surface area contributed by atoms with E-state index in [4.69, 9.17) is 4.84 Å². The van der Waals surface area contributed by atoms with Crippen molar-refractivity contribution in [2.45, 2.75) is 0 Å². The minimum Gasteiger partial charge on any atom is -0.289 e. The summed E-state index contributed by atoms with van der Waals surface area (Å²) < 4.78 is 0. The molecule has 0 N–H and O–H groups in total. The number of hydrogen-bond donors (Lipinski definition) is 0. The van der Waals surface area contributed by atoms with Crippen molar-refractivity contribution in [3.05, 3.63) is 71.3 Å². The fourth-order valence-corrected chi connectivity index (χ4v) is 1.81. The Morgan fingerprint density at radius 2 is 1.50 bits per heavy atom. The van der Waals surface area contributed by atoms with Gasteiger partial charge in [0.25, 0.3) is 5.91 Å². The van der Waals surface area contributed by atoms with Crippen molar-refractivity contribution in [3.63, 3.8) is 0 Å². The topological polar surface area (TPSA) is 46.6 Å². The van der Waals surface area contributed by atoms with E-state index in [0.29, 0.717) is 16.7 Å². The molecule has 102 valence electrons. The van der Waals surface area contributed by atoms with Crippen LogP contribution in [-0.2, 0) is 4.84 Å². The maximum atomic E-state index is 12.3. The molecule has 20 heavy (non-hydrogen) atoms. The third-order valence-corrected chi connectivity index (χ3v) is 2.97. The van der Waals surface area contributed by atoms with Gasteiger partial charge in [-0.15, -0.1) is 0 Å². The zero-order valence-corrected chi connectivity index (χ0v) is 11.4. The first kappa shape index (κ1) is 14.0. The molecule has 0 spiro atoms. The van der Waals surface area contributed by atoms with Gasteiger partial charge in [-0.05, 0) is 12.1 Å². The third-order valence-electron chi connectivity index (χ3n) is 2.97. The van der Waals surface area contributed by atoms with Gasteiger partial charge in [-0.25, -0.2) is 5.06 Å². The van der Waals surface area contributed by atoms with Crippen molar-refractivity contribution < 1.29 is 14.4 Å². The summed E-state index contributed by atoms with van der Waals surface area (Å²) in [6.45, 7) is 0. The van der Waals surface area contributed by atoms with Gasteiger partial charge in [0.1, 0.15) is 0 Å². The Labute approximate surface area is 117 Å². The van der Waals surface area contributed by atoms with E-state index in [1.807, 2.05) is 6.07 Å². The van der Waals surface area contributed by atoms with Crippen molar-refractivity contribution in [3.8, 4) is 0 Å². The maximum Gasteiger partial charge on any atom is 0.277 e. The molecule has 2 aromatic carbocycles. The van der Waals surface area contributed by atoms with Crippen LogP contribution in [0.4, 0.5) is 0 Å². The lowest BCUT2D eigenvalue weighted by molar-refractivity contribution is -0.0757. The molecule has 2 aromatic rings. The van der Waals surface area contributed by atoms with Gasteiger partial charge in [0, 0.05) is 23.7 Å². The fraction of sp³-hybridized carbons (Fsp3) is 0.125. The summed E-state index contributed by atoms with van der Waals surface area (Å²) in [4.78, 5) is 29.1. The number of carbonyl (C=O) groups excluding carboxylic acids is 2. The first-order valence-corrected chi connectivity index (χ1v) is 6.15. The lowest BCUT2D eigenvalue weighted by Gasteiger charge is -2.13. The average molecular weight is 269 g/mol. The molecule has 2 rings (SSSR count). The zero-order chi connectivity index (χ0) is 14.5. The number of ketones is 1. The molecule has 0 heterocycles. The van der Waals surface area contributed by atoms with E-state index < -0.39 is 0 Å². The maximum absolute atomic E-state index is 12.3. The largest absolute Gasteiger partial charge is 0.289 e. The molecule has 0 fully saturated rings. The van der Waals surface area contributed by atoms with Crippen LogP contribution in [0.5, 0.6) is 0 Å². The Morgan fingerprint density at radius 1 is 0.900 bits per heavy atom. The average Bonchev–Trinajstić information content (AvgIpc) is 2.53. The Balaban J connectivity index is 2.31. The highest BCUT2D eigenvalue weighted by Gasteiger charge is 2.14. The van der Waals surface area contributed by atoms with E-state index in [9.17, 15) is 9.59 Å². The van der Waals surface area contributed by atoms with E-state index in [0.717, 1.165) is 5.06 Å². The van der Waals surface area contributed by atoms with Crippen LogP contribution >= 0.6 is 0 Å². The van der Waals surface area contributed by atoms with Gasteiger partial charge >= 0.3 is 0 Å². The predicted octanol–water partition coefficient (Wildman–Crippen LogP) is 2.55. The number of hydrogen-bond acceptors (Lipinski definition) is 3. The second-order valence-corrected chi connectivity index (χ2v) is 4.26. The number of amides is 1. The van der Waals surface area contributed by atoms with Gasteiger partial charge in [-0.3, -0.25) is 14.4 Å². The number of rotatable bonds is 4. The second kappa shape index (κ2) is 6.12. The van der Waals surface area contributed by atoms with Crippen LogP contribution in [0.3, 0.4) is 0 Å². The predicted molar refractivity (Wildman–Crippen MR) is 75.4 cm³/mol. The van der Waals surface area contributed by atoms with Gasteiger partial charge in [-0.1, -0.05) is 42.5 Å². The minimum atomic E-state index is -0.296. The zero-order valence-electron chi connectivity index (χ0n) is 11.4. The minimum absolute atomic E-state index is 0.111. The lowest BCUT2D eigenvalue weighted by Crippen LogP contribution is -2.25. The molecule has 0 aliphatic rings. The molecular formula is C16H15NO3. The van der Waals surface area contributed by atoms with Crippen LogP contribution in [0.2, 0.25) is 0 Å². The van der Waals surface area contributed by atoms with Gasteiger partial charge < -0.3 is 0 Å². The number of benzene rings is 2. The highest BCUT2D eigenvalue weighted by Crippen LogP contribution is 2.13. The number of nitrogens with zero attached hydrogens (tertiary/aromatic N) is 1. The SMILES string of the molecule is CON(C)C(=O)c1cccc(C(=O)c2ccccc2)c1. The Kier molecular flexibility index (Phi) is 4.27. The molecule has 0 saturated heterocycles. The molecule has 0 bridgehead atoms. The Morgan fingerprint density at radius 3 is 2.15 bits per heavy atom. The molecule has 0 aliphatic heterocycles. The van der Waals surface area contributed by atoms with Crippen LogP contribution in [0, 0.1) is 0 Å². The number of hydroxylamine groups is 2. The first-order chi connectivity index (χ1) is 9.63. The summed E-state index contributed by atoms with van der Waals surface area (Å²) in [7, 11) is 2.94. The second-order valence-electron chi connectivity index (χ2n) is 4.26.